The lowest BCUT2D eigenvalue weighted by molar-refractivity contribution is -0.0145. The first-order valence-electron chi connectivity index (χ1n) is 7.12. The minimum Gasteiger partial charge on any atom is -0.398 e. The second-order valence-electron chi connectivity index (χ2n) is 6.81. The summed E-state index contributed by atoms with van der Waals surface area (Å²) in [5, 5.41) is 13.9. The van der Waals surface area contributed by atoms with Gasteiger partial charge in [0.2, 0.25) is 0 Å². The van der Waals surface area contributed by atoms with Crippen molar-refractivity contribution in [2.24, 2.45) is 5.41 Å². The van der Waals surface area contributed by atoms with E-state index in [1.165, 1.54) is 0 Å². The Morgan fingerprint density at radius 1 is 1.21 bits per heavy atom. The topological polar surface area (TPSA) is 58.3 Å². The first kappa shape index (κ1) is 14.2. The molecule has 3 heteroatoms. The van der Waals surface area contributed by atoms with Gasteiger partial charge in [0, 0.05) is 17.9 Å². The van der Waals surface area contributed by atoms with Crippen LogP contribution in [0.4, 0.5) is 11.4 Å². The van der Waals surface area contributed by atoms with Crippen LogP contribution in [-0.2, 0) is 0 Å². The first-order chi connectivity index (χ1) is 8.80. The molecule has 0 heterocycles. The van der Waals surface area contributed by atoms with Crippen LogP contribution in [0.25, 0.3) is 0 Å². The van der Waals surface area contributed by atoms with Crippen molar-refractivity contribution < 1.29 is 5.11 Å². The van der Waals surface area contributed by atoms with Gasteiger partial charge in [-0.15, -0.1) is 0 Å². The molecular weight excluding hydrogens is 236 g/mol. The maximum Gasteiger partial charge on any atom is 0.0819 e. The predicted octanol–water partition coefficient (Wildman–Crippen LogP) is 3.32. The van der Waals surface area contributed by atoms with E-state index in [1.807, 2.05) is 25.1 Å². The molecule has 3 nitrogen and oxygen atoms in total. The number of aryl methyl sites for hydroxylation is 1. The summed E-state index contributed by atoms with van der Waals surface area (Å²) in [6.45, 7) is 7.16. The van der Waals surface area contributed by atoms with Crippen molar-refractivity contribution in [3.05, 3.63) is 23.8 Å². The second kappa shape index (κ2) is 5.04. The third-order valence-corrected chi connectivity index (χ3v) is 4.44. The van der Waals surface area contributed by atoms with Crippen molar-refractivity contribution in [3.63, 3.8) is 0 Å². The molecule has 1 aliphatic carbocycles. The number of hydrogen-bond donors (Lipinski definition) is 3. The predicted molar refractivity (Wildman–Crippen MR) is 81.3 cm³/mol. The summed E-state index contributed by atoms with van der Waals surface area (Å²) in [5.41, 5.74) is 8.56. The van der Waals surface area contributed by atoms with Gasteiger partial charge in [-0.3, -0.25) is 0 Å². The molecule has 0 amide bonds. The largest absolute Gasteiger partial charge is 0.398 e. The van der Waals surface area contributed by atoms with Crippen LogP contribution in [0.2, 0.25) is 0 Å². The molecule has 0 spiro atoms. The van der Waals surface area contributed by atoms with Crippen LogP contribution in [-0.4, -0.2) is 17.3 Å². The fourth-order valence-electron chi connectivity index (χ4n) is 2.59. The summed E-state index contributed by atoms with van der Waals surface area (Å²) in [4.78, 5) is 0. The highest BCUT2D eigenvalue weighted by atomic mass is 16.3. The molecule has 1 aliphatic rings. The summed E-state index contributed by atoms with van der Waals surface area (Å²) >= 11 is 0. The van der Waals surface area contributed by atoms with E-state index in [4.69, 9.17) is 5.73 Å². The molecule has 1 aromatic carbocycles. The van der Waals surface area contributed by atoms with Gasteiger partial charge in [-0.1, -0.05) is 19.9 Å². The lowest BCUT2D eigenvalue weighted by atomic mass is 9.71. The SMILES string of the molecule is Cc1ccc(NCC2(O)CCC(C)(C)CC2)cc1N. The number of hydrogen-bond acceptors (Lipinski definition) is 3. The monoisotopic (exact) mass is 262 g/mol. The molecule has 0 aliphatic heterocycles. The third-order valence-electron chi connectivity index (χ3n) is 4.44. The molecule has 0 saturated heterocycles. The average Bonchev–Trinajstić information content (AvgIpc) is 2.36. The van der Waals surface area contributed by atoms with Gasteiger partial charge in [0.25, 0.3) is 0 Å². The summed E-state index contributed by atoms with van der Waals surface area (Å²) in [7, 11) is 0. The van der Waals surface area contributed by atoms with Crippen LogP contribution in [0.3, 0.4) is 0 Å². The smallest absolute Gasteiger partial charge is 0.0819 e. The number of aliphatic hydroxyl groups is 1. The van der Waals surface area contributed by atoms with E-state index in [0.717, 1.165) is 42.6 Å². The zero-order valence-corrected chi connectivity index (χ0v) is 12.3. The second-order valence-corrected chi connectivity index (χ2v) is 6.81. The molecule has 0 bridgehead atoms. The van der Waals surface area contributed by atoms with Gasteiger partial charge in [-0.25, -0.2) is 0 Å². The van der Waals surface area contributed by atoms with Crippen LogP contribution in [0.5, 0.6) is 0 Å². The number of anilines is 2. The summed E-state index contributed by atoms with van der Waals surface area (Å²) in [5.74, 6) is 0. The summed E-state index contributed by atoms with van der Waals surface area (Å²) < 4.78 is 0. The van der Waals surface area contributed by atoms with Crippen molar-refractivity contribution in [2.45, 2.75) is 52.1 Å². The van der Waals surface area contributed by atoms with E-state index in [9.17, 15) is 5.11 Å². The first-order valence-corrected chi connectivity index (χ1v) is 7.12. The van der Waals surface area contributed by atoms with Crippen molar-refractivity contribution in [1.29, 1.82) is 0 Å². The molecule has 4 N–H and O–H groups in total. The highest BCUT2D eigenvalue weighted by Gasteiger charge is 2.36. The molecule has 106 valence electrons. The Morgan fingerprint density at radius 2 is 1.84 bits per heavy atom. The van der Waals surface area contributed by atoms with E-state index >= 15 is 0 Å². The Hall–Kier alpha value is -1.22. The molecular formula is C16H26N2O. The Morgan fingerprint density at radius 3 is 2.42 bits per heavy atom. The fraction of sp³-hybridized carbons (Fsp3) is 0.625. The van der Waals surface area contributed by atoms with Gasteiger partial charge in [-0.05, 0) is 55.7 Å². The molecule has 2 rings (SSSR count). The third kappa shape index (κ3) is 3.63. The quantitative estimate of drug-likeness (QED) is 0.732. The van der Waals surface area contributed by atoms with Gasteiger partial charge in [0.15, 0.2) is 0 Å². The molecule has 0 radical (unpaired) electrons. The van der Waals surface area contributed by atoms with Crippen LogP contribution < -0.4 is 11.1 Å². The standard InChI is InChI=1S/C16H26N2O/c1-12-4-5-13(10-14(12)17)18-11-16(19)8-6-15(2,3)7-9-16/h4-5,10,18-19H,6-9,11,17H2,1-3H3. The van der Waals surface area contributed by atoms with E-state index in [0.29, 0.717) is 12.0 Å². The Balaban J connectivity index is 1.93. The molecule has 0 aromatic heterocycles. The van der Waals surface area contributed by atoms with E-state index in [-0.39, 0.29) is 0 Å². The Kier molecular flexibility index (Phi) is 3.77. The van der Waals surface area contributed by atoms with Crippen molar-refractivity contribution >= 4 is 11.4 Å². The lowest BCUT2D eigenvalue weighted by Gasteiger charge is -2.40. The highest BCUT2D eigenvalue weighted by molar-refractivity contribution is 5.58. The van der Waals surface area contributed by atoms with E-state index in [2.05, 4.69) is 19.2 Å². The van der Waals surface area contributed by atoms with Gasteiger partial charge in [0.1, 0.15) is 0 Å². The zero-order chi connectivity index (χ0) is 14.1. The minimum atomic E-state index is -0.574. The highest BCUT2D eigenvalue weighted by Crippen LogP contribution is 2.40. The Bertz CT molecular complexity index is 444. The number of nitrogens with one attached hydrogen (secondary N) is 1. The molecule has 1 aromatic rings. The summed E-state index contributed by atoms with van der Waals surface area (Å²) in [6, 6.07) is 5.96. The van der Waals surface area contributed by atoms with Crippen LogP contribution in [0.1, 0.15) is 45.1 Å². The fourth-order valence-corrected chi connectivity index (χ4v) is 2.59. The van der Waals surface area contributed by atoms with E-state index in [1.54, 1.807) is 0 Å². The average molecular weight is 262 g/mol. The molecule has 0 unspecified atom stereocenters. The normalized spacial score (nSPS) is 21.1. The van der Waals surface area contributed by atoms with Crippen LogP contribution in [0, 0.1) is 12.3 Å². The van der Waals surface area contributed by atoms with Crippen LogP contribution >= 0.6 is 0 Å². The molecule has 0 atom stereocenters. The van der Waals surface area contributed by atoms with Crippen molar-refractivity contribution in [2.75, 3.05) is 17.6 Å². The van der Waals surface area contributed by atoms with Gasteiger partial charge in [0.05, 0.1) is 5.60 Å². The van der Waals surface area contributed by atoms with Crippen molar-refractivity contribution in [3.8, 4) is 0 Å². The molecule has 1 saturated carbocycles. The summed E-state index contributed by atoms with van der Waals surface area (Å²) in [6.07, 6.45) is 3.91. The number of nitrogens with two attached hydrogens (primary N) is 1. The Labute approximate surface area is 116 Å². The lowest BCUT2D eigenvalue weighted by Crippen LogP contribution is -2.42. The maximum absolute atomic E-state index is 10.6. The van der Waals surface area contributed by atoms with E-state index < -0.39 is 5.60 Å². The van der Waals surface area contributed by atoms with Gasteiger partial charge >= 0.3 is 0 Å². The van der Waals surface area contributed by atoms with Gasteiger partial charge < -0.3 is 16.2 Å². The zero-order valence-electron chi connectivity index (χ0n) is 12.3. The van der Waals surface area contributed by atoms with Crippen LogP contribution in [0.15, 0.2) is 18.2 Å². The van der Waals surface area contributed by atoms with Crippen molar-refractivity contribution in [1.82, 2.24) is 0 Å². The molecule has 19 heavy (non-hydrogen) atoms. The molecule has 1 fully saturated rings. The van der Waals surface area contributed by atoms with Gasteiger partial charge in [-0.2, -0.15) is 0 Å². The number of nitrogen functional groups attached to an aromatic ring is 1. The number of rotatable bonds is 3. The maximum atomic E-state index is 10.6. The minimum absolute atomic E-state index is 0.376. The number of benzene rings is 1.